The molecule has 1 aromatic carbocycles. The van der Waals surface area contributed by atoms with Crippen LogP contribution in [0.2, 0.25) is 0 Å². The molecule has 0 atom stereocenters. The fraction of sp³-hybridized carbons (Fsp3) is 0.125. The second-order valence-electron chi connectivity index (χ2n) is 4.53. The lowest BCUT2D eigenvalue weighted by Gasteiger charge is -2.00. The number of nitrogens with one attached hydrogen (secondary N) is 1. The average molecular weight is 298 g/mol. The normalized spacial score (nSPS) is 10.5. The number of amides is 1. The molecule has 21 heavy (non-hydrogen) atoms. The zero-order valence-corrected chi connectivity index (χ0v) is 12.1. The van der Waals surface area contributed by atoms with Gasteiger partial charge in [0.2, 0.25) is 5.91 Å². The van der Waals surface area contributed by atoms with Gasteiger partial charge in [0.25, 0.3) is 0 Å². The number of aromatic nitrogens is 1. The predicted molar refractivity (Wildman–Crippen MR) is 83.2 cm³/mol. The first kappa shape index (κ1) is 13.6. The number of nitrogens with zero attached hydrogens (tertiary/aromatic N) is 1. The van der Waals surface area contributed by atoms with Gasteiger partial charge in [0.05, 0.1) is 12.0 Å². The van der Waals surface area contributed by atoms with E-state index in [0.717, 1.165) is 17.0 Å². The van der Waals surface area contributed by atoms with Crippen molar-refractivity contribution in [2.45, 2.75) is 12.8 Å². The molecule has 0 radical (unpaired) electrons. The van der Waals surface area contributed by atoms with Crippen LogP contribution in [-0.2, 0) is 11.2 Å². The van der Waals surface area contributed by atoms with Crippen LogP contribution in [0.4, 0.5) is 5.13 Å². The maximum Gasteiger partial charge on any atom is 0.226 e. The van der Waals surface area contributed by atoms with Gasteiger partial charge < -0.3 is 9.73 Å². The van der Waals surface area contributed by atoms with Gasteiger partial charge in [-0.15, -0.1) is 11.3 Å². The molecule has 0 aliphatic rings. The van der Waals surface area contributed by atoms with Crippen LogP contribution in [0, 0.1) is 0 Å². The van der Waals surface area contributed by atoms with E-state index in [1.807, 2.05) is 47.8 Å². The van der Waals surface area contributed by atoms with E-state index >= 15 is 0 Å². The van der Waals surface area contributed by atoms with Crippen LogP contribution in [0.1, 0.15) is 12.2 Å². The van der Waals surface area contributed by atoms with Crippen LogP contribution in [0.3, 0.4) is 0 Å². The number of rotatable bonds is 5. The molecule has 0 spiro atoms. The van der Waals surface area contributed by atoms with Crippen molar-refractivity contribution in [3.63, 3.8) is 0 Å². The van der Waals surface area contributed by atoms with Crippen LogP contribution in [0.15, 0.2) is 58.5 Å². The Morgan fingerprint density at radius 1 is 1.19 bits per heavy atom. The highest BCUT2D eigenvalue weighted by Gasteiger charge is 2.08. The molecule has 0 saturated heterocycles. The Labute approximate surface area is 126 Å². The monoisotopic (exact) mass is 298 g/mol. The van der Waals surface area contributed by atoms with E-state index in [4.69, 9.17) is 4.42 Å². The van der Waals surface area contributed by atoms with Crippen molar-refractivity contribution in [3.8, 4) is 11.3 Å². The lowest BCUT2D eigenvalue weighted by Crippen LogP contribution is -2.11. The molecule has 5 heteroatoms. The maximum atomic E-state index is 11.9. The van der Waals surface area contributed by atoms with Crippen LogP contribution in [0.5, 0.6) is 0 Å². The van der Waals surface area contributed by atoms with Gasteiger partial charge in [-0.2, -0.15) is 0 Å². The minimum Gasteiger partial charge on any atom is -0.469 e. The second-order valence-corrected chi connectivity index (χ2v) is 5.39. The molecule has 0 aliphatic carbocycles. The standard InChI is InChI=1S/C16H14N2O2S/c19-15(9-8-13-7-4-10-20-13)18-16-17-14(11-21-16)12-5-2-1-3-6-12/h1-7,10-11H,8-9H2,(H,17,18,19). The highest BCUT2D eigenvalue weighted by atomic mass is 32.1. The van der Waals surface area contributed by atoms with Gasteiger partial charge in [0, 0.05) is 23.8 Å². The first-order valence-corrected chi connectivity index (χ1v) is 7.52. The van der Waals surface area contributed by atoms with E-state index in [2.05, 4.69) is 10.3 Å². The Balaban J connectivity index is 1.58. The zero-order chi connectivity index (χ0) is 14.5. The van der Waals surface area contributed by atoms with Crippen LogP contribution in [0.25, 0.3) is 11.3 Å². The highest BCUT2D eigenvalue weighted by Crippen LogP contribution is 2.24. The first-order chi connectivity index (χ1) is 10.3. The molecule has 0 aliphatic heterocycles. The van der Waals surface area contributed by atoms with E-state index < -0.39 is 0 Å². The van der Waals surface area contributed by atoms with E-state index in [9.17, 15) is 4.79 Å². The van der Waals surface area contributed by atoms with E-state index in [-0.39, 0.29) is 5.91 Å². The molecule has 3 rings (SSSR count). The molecule has 2 heterocycles. The summed E-state index contributed by atoms with van der Waals surface area (Å²) in [4.78, 5) is 16.3. The topological polar surface area (TPSA) is 55.1 Å². The summed E-state index contributed by atoms with van der Waals surface area (Å²) in [6.45, 7) is 0. The summed E-state index contributed by atoms with van der Waals surface area (Å²) in [6.07, 6.45) is 2.59. The lowest BCUT2D eigenvalue weighted by atomic mass is 10.2. The number of thiazole rings is 1. The number of carbonyl (C=O) groups is 1. The third kappa shape index (κ3) is 3.58. The van der Waals surface area contributed by atoms with Crippen molar-refractivity contribution in [3.05, 3.63) is 59.9 Å². The van der Waals surface area contributed by atoms with Crippen LogP contribution in [-0.4, -0.2) is 10.9 Å². The highest BCUT2D eigenvalue weighted by molar-refractivity contribution is 7.14. The SMILES string of the molecule is O=C(CCc1ccco1)Nc1nc(-c2ccccc2)cs1. The van der Waals surface area contributed by atoms with Gasteiger partial charge >= 0.3 is 0 Å². The Morgan fingerprint density at radius 3 is 2.81 bits per heavy atom. The largest absolute Gasteiger partial charge is 0.469 e. The van der Waals surface area contributed by atoms with Gasteiger partial charge in [0.1, 0.15) is 5.76 Å². The van der Waals surface area contributed by atoms with Gasteiger partial charge in [-0.1, -0.05) is 30.3 Å². The second kappa shape index (κ2) is 6.37. The molecular formula is C16H14N2O2S. The molecule has 1 amide bonds. The lowest BCUT2D eigenvalue weighted by molar-refractivity contribution is -0.116. The summed E-state index contributed by atoms with van der Waals surface area (Å²) < 4.78 is 5.20. The molecule has 4 nitrogen and oxygen atoms in total. The number of benzene rings is 1. The fourth-order valence-corrected chi connectivity index (χ4v) is 2.68. The summed E-state index contributed by atoms with van der Waals surface area (Å²) in [6, 6.07) is 13.6. The number of carbonyl (C=O) groups excluding carboxylic acids is 1. The van der Waals surface area contributed by atoms with Crippen LogP contribution < -0.4 is 5.32 Å². The number of anilines is 1. The number of hydrogen-bond donors (Lipinski definition) is 1. The van der Waals surface area contributed by atoms with Crippen molar-refractivity contribution in [2.75, 3.05) is 5.32 Å². The van der Waals surface area contributed by atoms with Crippen molar-refractivity contribution in [2.24, 2.45) is 0 Å². The minimum atomic E-state index is -0.0552. The fourth-order valence-electron chi connectivity index (χ4n) is 1.95. The van der Waals surface area contributed by atoms with Gasteiger partial charge in [-0.3, -0.25) is 4.79 Å². The van der Waals surface area contributed by atoms with Crippen LogP contribution >= 0.6 is 11.3 Å². The van der Waals surface area contributed by atoms with Gasteiger partial charge in [-0.05, 0) is 12.1 Å². The molecule has 0 fully saturated rings. The van der Waals surface area contributed by atoms with Crippen molar-refractivity contribution in [1.29, 1.82) is 0 Å². The first-order valence-electron chi connectivity index (χ1n) is 6.64. The predicted octanol–water partition coefficient (Wildman–Crippen LogP) is 3.97. The minimum absolute atomic E-state index is 0.0552. The molecule has 0 unspecified atom stereocenters. The van der Waals surface area contributed by atoms with Crippen molar-refractivity contribution >= 4 is 22.4 Å². The van der Waals surface area contributed by atoms with E-state index in [1.165, 1.54) is 11.3 Å². The maximum absolute atomic E-state index is 11.9. The van der Waals surface area contributed by atoms with Gasteiger partial charge in [0.15, 0.2) is 5.13 Å². The Morgan fingerprint density at radius 2 is 2.05 bits per heavy atom. The third-order valence-electron chi connectivity index (χ3n) is 3.00. The Hall–Kier alpha value is -2.40. The quantitative estimate of drug-likeness (QED) is 0.775. The smallest absolute Gasteiger partial charge is 0.226 e. The summed E-state index contributed by atoms with van der Waals surface area (Å²) >= 11 is 1.43. The summed E-state index contributed by atoms with van der Waals surface area (Å²) in [5.74, 6) is 0.759. The molecule has 0 saturated carbocycles. The summed E-state index contributed by atoms with van der Waals surface area (Å²) in [7, 11) is 0. The van der Waals surface area contributed by atoms with Crippen molar-refractivity contribution in [1.82, 2.24) is 4.98 Å². The van der Waals surface area contributed by atoms with Gasteiger partial charge in [-0.25, -0.2) is 4.98 Å². The van der Waals surface area contributed by atoms with Crippen molar-refractivity contribution < 1.29 is 9.21 Å². The Kier molecular flexibility index (Phi) is 4.12. The third-order valence-corrected chi connectivity index (χ3v) is 3.76. The average Bonchev–Trinajstić information content (AvgIpc) is 3.17. The summed E-state index contributed by atoms with van der Waals surface area (Å²) in [5, 5.41) is 5.39. The van der Waals surface area contributed by atoms with E-state index in [1.54, 1.807) is 6.26 Å². The summed E-state index contributed by atoms with van der Waals surface area (Å²) in [5.41, 5.74) is 1.92. The molecule has 0 bridgehead atoms. The number of hydrogen-bond acceptors (Lipinski definition) is 4. The molecule has 1 N–H and O–H groups in total. The molecule has 2 aromatic heterocycles. The molecule has 106 valence electrons. The molecular weight excluding hydrogens is 284 g/mol. The zero-order valence-electron chi connectivity index (χ0n) is 11.3. The number of aryl methyl sites for hydroxylation is 1. The Bertz CT molecular complexity index is 705. The van der Waals surface area contributed by atoms with E-state index in [0.29, 0.717) is 18.0 Å². The number of furan rings is 1. The molecule has 3 aromatic rings.